The summed E-state index contributed by atoms with van der Waals surface area (Å²) in [5, 5.41) is 12.6. The fourth-order valence-corrected chi connectivity index (χ4v) is 2.41. The van der Waals surface area contributed by atoms with Gasteiger partial charge in [-0.25, -0.2) is 15.0 Å². The highest BCUT2D eigenvalue weighted by molar-refractivity contribution is 5.88. The van der Waals surface area contributed by atoms with Gasteiger partial charge in [0, 0.05) is 5.56 Å². The van der Waals surface area contributed by atoms with Gasteiger partial charge in [-0.05, 0) is 48.5 Å². The third-order valence-electron chi connectivity index (χ3n) is 3.93. The summed E-state index contributed by atoms with van der Waals surface area (Å²) < 4.78 is 43.1. The lowest BCUT2D eigenvalue weighted by Crippen LogP contribution is -2.36. The zero-order valence-electron chi connectivity index (χ0n) is 15.6. The standard InChI is InChI=1S/C20H15F3N4O4/c21-20(22,23)14-5-7-15(8-6-14)25-27-19(30)26-24-11-16-9-10-17(31-16)12-1-3-13(4-2-12)18(28)29/h1-11,25H,(H,28,29)(H2,26,27,30)/b24-11+. The van der Waals surface area contributed by atoms with E-state index in [1.165, 1.54) is 30.5 Å². The maximum atomic E-state index is 12.5. The monoisotopic (exact) mass is 432 g/mol. The van der Waals surface area contributed by atoms with Crippen molar-refractivity contribution in [1.29, 1.82) is 0 Å². The Kier molecular flexibility index (Phi) is 6.24. The quantitative estimate of drug-likeness (QED) is 0.342. The van der Waals surface area contributed by atoms with Crippen molar-refractivity contribution in [3.63, 3.8) is 0 Å². The van der Waals surface area contributed by atoms with Gasteiger partial charge < -0.3 is 9.52 Å². The number of hydrogen-bond donors (Lipinski definition) is 4. The van der Waals surface area contributed by atoms with E-state index in [4.69, 9.17) is 9.52 Å². The van der Waals surface area contributed by atoms with Crippen LogP contribution >= 0.6 is 0 Å². The average molecular weight is 432 g/mol. The van der Waals surface area contributed by atoms with Crippen LogP contribution in [-0.4, -0.2) is 23.3 Å². The van der Waals surface area contributed by atoms with E-state index in [1.54, 1.807) is 24.3 Å². The minimum atomic E-state index is -4.44. The number of furan rings is 1. The van der Waals surface area contributed by atoms with Crippen LogP contribution in [0, 0.1) is 0 Å². The minimum absolute atomic E-state index is 0.150. The molecule has 0 atom stereocenters. The summed E-state index contributed by atoms with van der Waals surface area (Å²) in [5.41, 5.74) is 7.07. The molecule has 0 unspecified atom stereocenters. The summed E-state index contributed by atoms with van der Waals surface area (Å²) in [7, 11) is 0. The van der Waals surface area contributed by atoms with E-state index in [2.05, 4.69) is 21.4 Å². The van der Waals surface area contributed by atoms with Crippen molar-refractivity contribution in [2.45, 2.75) is 6.18 Å². The number of carbonyl (C=O) groups is 2. The predicted octanol–water partition coefficient (Wildman–Crippen LogP) is 4.32. The highest BCUT2D eigenvalue weighted by Crippen LogP contribution is 2.29. The molecule has 160 valence electrons. The molecule has 0 saturated carbocycles. The molecule has 0 radical (unpaired) electrons. The van der Waals surface area contributed by atoms with E-state index in [1.807, 2.05) is 0 Å². The maximum absolute atomic E-state index is 12.5. The molecule has 0 aliphatic carbocycles. The number of halogens is 3. The maximum Gasteiger partial charge on any atom is 0.416 e. The number of urea groups is 1. The Morgan fingerprint density at radius 1 is 0.968 bits per heavy atom. The van der Waals surface area contributed by atoms with Gasteiger partial charge in [0.2, 0.25) is 0 Å². The number of alkyl halides is 3. The highest BCUT2D eigenvalue weighted by Gasteiger charge is 2.29. The van der Waals surface area contributed by atoms with Crippen LogP contribution in [0.5, 0.6) is 0 Å². The summed E-state index contributed by atoms with van der Waals surface area (Å²) >= 11 is 0. The molecular weight excluding hydrogens is 417 g/mol. The lowest BCUT2D eigenvalue weighted by atomic mass is 10.1. The zero-order chi connectivity index (χ0) is 22.4. The minimum Gasteiger partial charge on any atom is -0.478 e. The van der Waals surface area contributed by atoms with Crippen molar-refractivity contribution in [2.75, 3.05) is 5.43 Å². The molecule has 0 spiro atoms. The lowest BCUT2D eigenvalue weighted by Gasteiger charge is -2.10. The molecule has 2 aromatic carbocycles. The van der Waals surface area contributed by atoms with Crippen LogP contribution in [-0.2, 0) is 6.18 Å². The number of carboxylic acid groups (broad SMARTS) is 1. The molecule has 0 aliphatic rings. The van der Waals surface area contributed by atoms with Crippen LogP contribution in [0.25, 0.3) is 11.3 Å². The first-order valence-corrected chi connectivity index (χ1v) is 8.68. The van der Waals surface area contributed by atoms with E-state index in [0.717, 1.165) is 12.1 Å². The topological polar surface area (TPSA) is 116 Å². The van der Waals surface area contributed by atoms with Gasteiger partial charge in [0.05, 0.1) is 23.0 Å². The number of nitrogens with zero attached hydrogens (tertiary/aromatic N) is 1. The Balaban J connectivity index is 1.49. The van der Waals surface area contributed by atoms with E-state index in [0.29, 0.717) is 17.1 Å². The number of amides is 2. The van der Waals surface area contributed by atoms with E-state index in [9.17, 15) is 22.8 Å². The predicted molar refractivity (Wildman–Crippen MR) is 105 cm³/mol. The van der Waals surface area contributed by atoms with Gasteiger partial charge in [-0.15, -0.1) is 0 Å². The number of carboxylic acids is 1. The van der Waals surface area contributed by atoms with Crippen LogP contribution in [0.3, 0.4) is 0 Å². The number of hydrazone groups is 1. The van der Waals surface area contributed by atoms with Crippen molar-refractivity contribution in [1.82, 2.24) is 10.9 Å². The largest absolute Gasteiger partial charge is 0.478 e. The number of hydrogen-bond acceptors (Lipinski definition) is 5. The van der Waals surface area contributed by atoms with Gasteiger partial charge in [0.15, 0.2) is 0 Å². The second-order valence-corrected chi connectivity index (χ2v) is 6.11. The van der Waals surface area contributed by atoms with E-state index in [-0.39, 0.29) is 11.3 Å². The van der Waals surface area contributed by atoms with Gasteiger partial charge in [0.25, 0.3) is 0 Å². The van der Waals surface area contributed by atoms with Gasteiger partial charge in [-0.2, -0.15) is 18.3 Å². The molecule has 0 fully saturated rings. The van der Waals surface area contributed by atoms with Gasteiger partial charge in [0.1, 0.15) is 11.5 Å². The number of anilines is 1. The summed E-state index contributed by atoms with van der Waals surface area (Å²) in [6, 6.07) is 12.7. The van der Waals surface area contributed by atoms with Crippen molar-refractivity contribution in [2.24, 2.45) is 5.10 Å². The third-order valence-corrected chi connectivity index (χ3v) is 3.93. The van der Waals surface area contributed by atoms with Gasteiger partial charge >= 0.3 is 18.2 Å². The van der Waals surface area contributed by atoms with Crippen LogP contribution in [0.15, 0.2) is 70.2 Å². The molecule has 3 aromatic rings. The molecular formula is C20H15F3N4O4. The summed E-state index contributed by atoms with van der Waals surface area (Å²) in [6.45, 7) is 0. The first-order chi connectivity index (χ1) is 14.7. The zero-order valence-corrected chi connectivity index (χ0v) is 15.6. The van der Waals surface area contributed by atoms with Crippen LogP contribution in [0.4, 0.5) is 23.7 Å². The molecule has 31 heavy (non-hydrogen) atoms. The molecule has 0 saturated heterocycles. The Bertz CT molecular complexity index is 1090. The molecule has 11 heteroatoms. The SMILES string of the molecule is O=C(N/N=C/c1ccc(-c2ccc(C(=O)O)cc2)o1)NNc1ccc(C(F)(F)F)cc1. The van der Waals surface area contributed by atoms with Crippen LogP contribution < -0.4 is 16.3 Å². The number of carbonyl (C=O) groups excluding carboxylic acids is 1. The fraction of sp³-hybridized carbons (Fsp3) is 0.0500. The molecule has 1 heterocycles. The van der Waals surface area contributed by atoms with Gasteiger partial charge in [-0.1, -0.05) is 12.1 Å². The Hall–Kier alpha value is -4.28. The third kappa shape index (κ3) is 5.85. The highest BCUT2D eigenvalue weighted by atomic mass is 19.4. The molecule has 1 aromatic heterocycles. The fourth-order valence-electron chi connectivity index (χ4n) is 2.41. The van der Waals surface area contributed by atoms with Crippen LogP contribution in [0.1, 0.15) is 21.7 Å². The number of benzene rings is 2. The second kappa shape index (κ2) is 9.03. The number of hydrazine groups is 1. The van der Waals surface area contributed by atoms with Gasteiger partial charge in [-0.3, -0.25) is 10.9 Å². The molecule has 0 bridgehead atoms. The normalized spacial score (nSPS) is 11.3. The number of rotatable bonds is 6. The average Bonchev–Trinajstić information content (AvgIpc) is 3.21. The van der Waals surface area contributed by atoms with Crippen molar-refractivity contribution in [3.05, 3.63) is 77.6 Å². The summed E-state index contributed by atoms with van der Waals surface area (Å²) in [5.74, 6) is -0.226. The first-order valence-electron chi connectivity index (χ1n) is 8.68. The number of nitrogens with one attached hydrogen (secondary N) is 3. The van der Waals surface area contributed by atoms with Crippen molar-refractivity contribution >= 4 is 23.9 Å². The van der Waals surface area contributed by atoms with Crippen LogP contribution in [0.2, 0.25) is 0 Å². The Morgan fingerprint density at radius 3 is 2.26 bits per heavy atom. The summed E-state index contributed by atoms with van der Waals surface area (Å²) in [4.78, 5) is 22.6. The van der Waals surface area contributed by atoms with E-state index >= 15 is 0 Å². The Labute approximate surface area is 173 Å². The molecule has 3 rings (SSSR count). The molecule has 0 aliphatic heterocycles. The van der Waals surface area contributed by atoms with Crippen molar-refractivity contribution < 1.29 is 32.3 Å². The Morgan fingerprint density at radius 2 is 1.65 bits per heavy atom. The summed E-state index contributed by atoms with van der Waals surface area (Å²) in [6.07, 6.45) is -3.20. The molecule has 2 amide bonds. The number of aromatic carboxylic acids is 1. The lowest BCUT2D eigenvalue weighted by molar-refractivity contribution is -0.137. The second-order valence-electron chi connectivity index (χ2n) is 6.11. The molecule has 4 N–H and O–H groups in total. The van der Waals surface area contributed by atoms with E-state index < -0.39 is 23.7 Å². The van der Waals surface area contributed by atoms with Crippen molar-refractivity contribution in [3.8, 4) is 11.3 Å². The first kappa shape index (κ1) is 21.4. The molecule has 8 nitrogen and oxygen atoms in total. The smallest absolute Gasteiger partial charge is 0.416 e.